The average molecular weight is 278 g/mol. The van der Waals surface area contributed by atoms with Crippen molar-refractivity contribution in [2.75, 3.05) is 5.32 Å². The molecule has 0 saturated carbocycles. The molecule has 0 unspecified atom stereocenters. The monoisotopic (exact) mass is 278 g/mol. The van der Waals surface area contributed by atoms with Crippen molar-refractivity contribution >= 4 is 11.7 Å². The summed E-state index contributed by atoms with van der Waals surface area (Å²) in [4.78, 5) is 14.9. The summed E-state index contributed by atoms with van der Waals surface area (Å²) >= 11 is 0. The van der Waals surface area contributed by atoms with Gasteiger partial charge in [-0.3, -0.25) is 4.98 Å². The Labute approximate surface area is 114 Å². The predicted molar refractivity (Wildman–Crippen MR) is 69.6 cm³/mol. The molecule has 2 N–H and O–H groups in total. The van der Waals surface area contributed by atoms with Crippen molar-refractivity contribution in [1.82, 2.24) is 4.98 Å². The lowest BCUT2D eigenvalue weighted by molar-refractivity contribution is 0.0696. The Morgan fingerprint density at radius 3 is 2.50 bits per heavy atom. The molecule has 1 aromatic carbocycles. The number of aromatic carboxylic acids is 1. The minimum Gasteiger partial charge on any atom is -0.478 e. The van der Waals surface area contributed by atoms with Gasteiger partial charge < -0.3 is 10.4 Å². The second kappa shape index (κ2) is 5.64. The summed E-state index contributed by atoms with van der Waals surface area (Å²) in [5, 5.41) is 11.3. The molecule has 2 rings (SSSR count). The highest BCUT2D eigenvalue weighted by molar-refractivity contribution is 5.88. The van der Waals surface area contributed by atoms with Gasteiger partial charge in [-0.2, -0.15) is 0 Å². The lowest BCUT2D eigenvalue weighted by Gasteiger charge is -2.09. The van der Waals surface area contributed by atoms with Crippen molar-refractivity contribution in [2.45, 2.75) is 13.5 Å². The van der Waals surface area contributed by atoms with E-state index in [1.807, 2.05) is 13.0 Å². The van der Waals surface area contributed by atoms with Crippen LogP contribution in [0.4, 0.5) is 14.5 Å². The molecule has 0 saturated heterocycles. The number of rotatable bonds is 4. The van der Waals surface area contributed by atoms with Gasteiger partial charge in [0.05, 0.1) is 17.8 Å². The molecule has 0 aliphatic heterocycles. The van der Waals surface area contributed by atoms with Gasteiger partial charge in [0.1, 0.15) is 17.3 Å². The van der Waals surface area contributed by atoms with Gasteiger partial charge in [-0.25, -0.2) is 13.6 Å². The Hall–Kier alpha value is -2.50. The van der Waals surface area contributed by atoms with Crippen LogP contribution < -0.4 is 5.32 Å². The van der Waals surface area contributed by atoms with Gasteiger partial charge in [0.2, 0.25) is 0 Å². The maximum atomic E-state index is 13.7. The Morgan fingerprint density at radius 1 is 1.30 bits per heavy atom. The molecular weight excluding hydrogens is 266 g/mol. The van der Waals surface area contributed by atoms with Crippen molar-refractivity contribution in [3.63, 3.8) is 0 Å². The van der Waals surface area contributed by atoms with E-state index in [2.05, 4.69) is 10.3 Å². The fourth-order valence-corrected chi connectivity index (χ4v) is 1.74. The first-order valence-electron chi connectivity index (χ1n) is 5.86. The standard InChI is InChI=1S/C14H12F2N2O2/c1-8-3-2-4-10(18-8)7-17-13-11(15)5-9(14(19)20)6-12(13)16/h2-6,17H,7H2,1H3,(H,19,20). The summed E-state index contributed by atoms with van der Waals surface area (Å²) in [6, 6.07) is 6.88. The summed E-state index contributed by atoms with van der Waals surface area (Å²) in [6.45, 7) is 1.95. The largest absolute Gasteiger partial charge is 0.478 e. The number of hydrogen-bond acceptors (Lipinski definition) is 3. The number of anilines is 1. The first kappa shape index (κ1) is 13.9. The van der Waals surface area contributed by atoms with E-state index in [9.17, 15) is 13.6 Å². The number of benzene rings is 1. The average Bonchev–Trinajstić information content (AvgIpc) is 2.37. The zero-order valence-corrected chi connectivity index (χ0v) is 10.7. The topological polar surface area (TPSA) is 62.2 Å². The summed E-state index contributed by atoms with van der Waals surface area (Å²) < 4.78 is 27.3. The number of carbonyl (C=O) groups is 1. The van der Waals surface area contributed by atoms with E-state index < -0.39 is 23.2 Å². The molecule has 0 amide bonds. The molecule has 1 aromatic heterocycles. The van der Waals surface area contributed by atoms with Gasteiger partial charge >= 0.3 is 5.97 Å². The van der Waals surface area contributed by atoms with Gasteiger partial charge in [0.15, 0.2) is 0 Å². The number of aromatic nitrogens is 1. The molecule has 0 aliphatic carbocycles. The van der Waals surface area contributed by atoms with E-state index >= 15 is 0 Å². The van der Waals surface area contributed by atoms with Crippen LogP contribution in [0.2, 0.25) is 0 Å². The van der Waals surface area contributed by atoms with Crippen LogP contribution in [0.5, 0.6) is 0 Å². The van der Waals surface area contributed by atoms with Crippen molar-refractivity contribution in [2.24, 2.45) is 0 Å². The van der Waals surface area contributed by atoms with Crippen LogP contribution in [0.3, 0.4) is 0 Å². The van der Waals surface area contributed by atoms with Gasteiger partial charge in [-0.1, -0.05) is 6.07 Å². The Morgan fingerprint density at radius 2 is 1.95 bits per heavy atom. The quantitative estimate of drug-likeness (QED) is 0.902. The number of nitrogens with one attached hydrogen (secondary N) is 1. The molecule has 0 aliphatic rings. The SMILES string of the molecule is Cc1cccc(CNc2c(F)cc(C(=O)O)cc2F)n1. The van der Waals surface area contributed by atoms with Crippen LogP contribution in [0, 0.1) is 18.6 Å². The van der Waals surface area contributed by atoms with Gasteiger partial charge in [-0.05, 0) is 31.2 Å². The number of aryl methyl sites for hydroxylation is 1. The number of carboxylic acids is 1. The van der Waals surface area contributed by atoms with Crippen molar-refractivity contribution < 1.29 is 18.7 Å². The van der Waals surface area contributed by atoms with E-state index in [1.165, 1.54) is 0 Å². The van der Waals surface area contributed by atoms with E-state index in [1.54, 1.807) is 12.1 Å². The maximum Gasteiger partial charge on any atom is 0.335 e. The summed E-state index contributed by atoms with van der Waals surface area (Å²) in [5.74, 6) is -3.28. The molecular formula is C14H12F2N2O2. The highest BCUT2D eigenvalue weighted by atomic mass is 19.1. The van der Waals surface area contributed by atoms with E-state index in [0.717, 1.165) is 17.8 Å². The molecule has 4 nitrogen and oxygen atoms in total. The molecule has 0 atom stereocenters. The van der Waals surface area contributed by atoms with E-state index in [-0.39, 0.29) is 12.2 Å². The minimum absolute atomic E-state index is 0.141. The highest BCUT2D eigenvalue weighted by Gasteiger charge is 2.14. The van der Waals surface area contributed by atoms with Crippen molar-refractivity contribution in [3.8, 4) is 0 Å². The van der Waals surface area contributed by atoms with Crippen LogP contribution >= 0.6 is 0 Å². The Balaban J connectivity index is 2.20. The van der Waals surface area contributed by atoms with Crippen LogP contribution in [0.1, 0.15) is 21.7 Å². The number of pyridine rings is 1. The second-order valence-electron chi connectivity index (χ2n) is 4.24. The molecule has 104 valence electrons. The molecule has 2 aromatic rings. The number of carboxylic acid groups (broad SMARTS) is 1. The number of nitrogens with zero attached hydrogens (tertiary/aromatic N) is 1. The molecule has 6 heteroatoms. The molecule has 0 spiro atoms. The predicted octanol–water partition coefficient (Wildman–Crippen LogP) is 2.98. The van der Waals surface area contributed by atoms with Crippen LogP contribution in [0.25, 0.3) is 0 Å². The summed E-state index contributed by atoms with van der Waals surface area (Å²) in [7, 11) is 0. The smallest absolute Gasteiger partial charge is 0.335 e. The van der Waals surface area contributed by atoms with Crippen LogP contribution in [-0.2, 0) is 6.54 Å². The van der Waals surface area contributed by atoms with Gasteiger partial charge in [0, 0.05) is 5.69 Å². The third-order valence-electron chi connectivity index (χ3n) is 2.68. The molecule has 20 heavy (non-hydrogen) atoms. The maximum absolute atomic E-state index is 13.7. The lowest BCUT2D eigenvalue weighted by atomic mass is 10.2. The molecule has 1 heterocycles. The Kier molecular flexibility index (Phi) is 3.93. The highest BCUT2D eigenvalue weighted by Crippen LogP contribution is 2.21. The second-order valence-corrected chi connectivity index (χ2v) is 4.24. The lowest BCUT2D eigenvalue weighted by Crippen LogP contribution is -2.08. The van der Waals surface area contributed by atoms with Gasteiger partial charge in [0.25, 0.3) is 0 Å². The van der Waals surface area contributed by atoms with Crippen molar-refractivity contribution in [3.05, 3.63) is 58.9 Å². The number of halogens is 2. The van der Waals surface area contributed by atoms with Crippen molar-refractivity contribution in [1.29, 1.82) is 0 Å². The fraction of sp³-hybridized carbons (Fsp3) is 0.143. The first-order valence-corrected chi connectivity index (χ1v) is 5.86. The van der Waals surface area contributed by atoms with Crippen LogP contribution in [0.15, 0.2) is 30.3 Å². The van der Waals surface area contributed by atoms with E-state index in [0.29, 0.717) is 5.69 Å². The normalized spacial score (nSPS) is 10.3. The van der Waals surface area contributed by atoms with E-state index in [4.69, 9.17) is 5.11 Å². The molecule has 0 bridgehead atoms. The third kappa shape index (κ3) is 3.09. The Bertz CT molecular complexity index is 636. The first-order chi connectivity index (χ1) is 9.47. The minimum atomic E-state index is -1.38. The van der Waals surface area contributed by atoms with Gasteiger partial charge in [-0.15, -0.1) is 0 Å². The fourth-order valence-electron chi connectivity index (χ4n) is 1.74. The zero-order chi connectivity index (χ0) is 14.7. The molecule has 0 radical (unpaired) electrons. The van der Waals surface area contributed by atoms with Crippen LogP contribution in [-0.4, -0.2) is 16.1 Å². The third-order valence-corrected chi connectivity index (χ3v) is 2.68. The zero-order valence-electron chi connectivity index (χ0n) is 10.7. The summed E-state index contributed by atoms with van der Waals surface area (Å²) in [6.07, 6.45) is 0. The summed E-state index contributed by atoms with van der Waals surface area (Å²) in [5.41, 5.74) is 0.634. The number of hydrogen-bond donors (Lipinski definition) is 2. The molecule has 0 fully saturated rings.